The lowest BCUT2D eigenvalue weighted by atomic mass is 9.86. The number of nitrogens with zero attached hydrogens (tertiary/aromatic N) is 1. The van der Waals surface area contributed by atoms with Crippen LogP contribution in [0.4, 0.5) is 5.69 Å². The third-order valence-corrected chi connectivity index (χ3v) is 6.35. The Labute approximate surface area is 160 Å². The van der Waals surface area contributed by atoms with Gasteiger partial charge in [0.05, 0.1) is 26.0 Å². The quantitative estimate of drug-likeness (QED) is 0.863. The van der Waals surface area contributed by atoms with Gasteiger partial charge in [0.1, 0.15) is 5.75 Å². The Morgan fingerprint density at radius 2 is 2.04 bits per heavy atom. The van der Waals surface area contributed by atoms with Crippen LogP contribution >= 0.6 is 0 Å². The number of amides is 2. The minimum Gasteiger partial charge on any atom is -0.495 e. The van der Waals surface area contributed by atoms with Crippen LogP contribution in [-0.2, 0) is 9.53 Å². The van der Waals surface area contributed by atoms with Gasteiger partial charge >= 0.3 is 0 Å². The molecule has 6 heteroatoms. The van der Waals surface area contributed by atoms with Crippen LogP contribution in [0.25, 0.3) is 0 Å². The number of carbonyl (C=O) groups is 2. The fourth-order valence-electron chi connectivity index (χ4n) is 4.95. The summed E-state index contributed by atoms with van der Waals surface area (Å²) in [6.45, 7) is 2.32. The number of anilines is 1. The third-order valence-electron chi connectivity index (χ3n) is 6.35. The molecule has 0 aromatic heterocycles. The van der Waals surface area contributed by atoms with E-state index in [2.05, 4.69) is 5.32 Å². The molecule has 1 aliphatic heterocycles. The fourth-order valence-corrected chi connectivity index (χ4v) is 4.95. The van der Waals surface area contributed by atoms with Gasteiger partial charge in [-0.2, -0.15) is 0 Å². The molecule has 27 heavy (non-hydrogen) atoms. The van der Waals surface area contributed by atoms with E-state index in [4.69, 9.17) is 9.47 Å². The predicted molar refractivity (Wildman–Crippen MR) is 102 cm³/mol. The van der Waals surface area contributed by atoms with Crippen molar-refractivity contribution < 1.29 is 19.1 Å². The molecule has 0 spiro atoms. The molecule has 0 radical (unpaired) electrons. The summed E-state index contributed by atoms with van der Waals surface area (Å²) in [4.78, 5) is 27.1. The van der Waals surface area contributed by atoms with Crippen molar-refractivity contribution in [2.45, 2.75) is 32.1 Å². The van der Waals surface area contributed by atoms with Crippen molar-refractivity contribution in [3.05, 3.63) is 23.8 Å². The van der Waals surface area contributed by atoms with Gasteiger partial charge in [-0.15, -0.1) is 0 Å². The highest BCUT2D eigenvalue weighted by molar-refractivity contribution is 5.98. The van der Waals surface area contributed by atoms with Crippen LogP contribution < -0.4 is 10.1 Å². The minimum absolute atomic E-state index is 0.0156. The number of methoxy groups -OCH3 is 1. The molecule has 1 N–H and O–H groups in total. The average Bonchev–Trinajstić information content (AvgIpc) is 3.31. The first-order chi connectivity index (χ1) is 13.1. The number of benzene rings is 1. The first kappa shape index (κ1) is 18.3. The molecule has 1 saturated heterocycles. The van der Waals surface area contributed by atoms with Crippen LogP contribution in [0.5, 0.6) is 5.75 Å². The molecule has 3 aliphatic rings. The van der Waals surface area contributed by atoms with Crippen molar-refractivity contribution in [1.29, 1.82) is 0 Å². The van der Waals surface area contributed by atoms with Gasteiger partial charge in [-0.05, 0) is 55.2 Å². The topological polar surface area (TPSA) is 67.9 Å². The molecule has 2 bridgehead atoms. The van der Waals surface area contributed by atoms with Crippen LogP contribution in [-0.4, -0.2) is 50.1 Å². The Balaban J connectivity index is 1.44. The van der Waals surface area contributed by atoms with Gasteiger partial charge in [-0.3, -0.25) is 9.59 Å². The highest BCUT2D eigenvalue weighted by atomic mass is 16.5. The molecular formula is C21H28N2O4. The van der Waals surface area contributed by atoms with Crippen molar-refractivity contribution >= 4 is 17.5 Å². The summed E-state index contributed by atoms with van der Waals surface area (Å²) >= 11 is 0. The third kappa shape index (κ3) is 3.95. The normalized spacial score (nSPS) is 26.9. The van der Waals surface area contributed by atoms with Crippen LogP contribution in [0.3, 0.4) is 0 Å². The summed E-state index contributed by atoms with van der Waals surface area (Å²) in [6.07, 6.45) is 5.65. The summed E-state index contributed by atoms with van der Waals surface area (Å²) in [6, 6.07) is 5.23. The smallest absolute Gasteiger partial charge is 0.254 e. The largest absolute Gasteiger partial charge is 0.495 e. The maximum absolute atomic E-state index is 12.7. The first-order valence-corrected chi connectivity index (χ1v) is 9.99. The van der Waals surface area contributed by atoms with E-state index in [-0.39, 0.29) is 11.8 Å². The van der Waals surface area contributed by atoms with Gasteiger partial charge in [0, 0.05) is 25.1 Å². The van der Waals surface area contributed by atoms with E-state index < -0.39 is 0 Å². The van der Waals surface area contributed by atoms with Crippen molar-refractivity contribution in [3.63, 3.8) is 0 Å². The summed E-state index contributed by atoms with van der Waals surface area (Å²) < 4.78 is 10.7. The van der Waals surface area contributed by atoms with Crippen LogP contribution in [0.2, 0.25) is 0 Å². The number of ether oxygens (including phenoxy) is 2. The van der Waals surface area contributed by atoms with Crippen molar-refractivity contribution in [2.75, 3.05) is 38.7 Å². The Hall–Kier alpha value is -2.08. The lowest BCUT2D eigenvalue weighted by Gasteiger charge is -2.27. The molecule has 3 fully saturated rings. The highest BCUT2D eigenvalue weighted by Gasteiger charge is 2.40. The molecule has 3 atom stereocenters. The van der Waals surface area contributed by atoms with Gasteiger partial charge < -0.3 is 19.7 Å². The summed E-state index contributed by atoms with van der Waals surface area (Å²) in [5.41, 5.74) is 1.14. The Morgan fingerprint density at radius 3 is 2.70 bits per heavy atom. The zero-order valence-corrected chi connectivity index (χ0v) is 15.9. The first-order valence-electron chi connectivity index (χ1n) is 9.99. The molecule has 146 valence electrons. The summed E-state index contributed by atoms with van der Waals surface area (Å²) in [5.74, 6) is 2.61. The molecule has 2 aliphatic carbocycles. The second-order valence-electron chi connectivity index (χ2n) is 8.01. The van der Waals surface area contributed by atoms with E-state index >= 15 is 0 Å². The monoisotopic (exact) mass is 372 g/mol. The lowest BCUT2D eigenvalue weighted by molar-refractivity contribution is -0.117. The number of hydrogen-bond donors (Lipinski definition) is 1. The number of carbonyl (C=O) groups excluding carboxylic acids is 2. The molecule has 6 nitrogen and oxygen atoms in total. The Kier molecular flexibility index (Phi) is 5.34. The molecule has 3 unspecified atom stereocenters. The summed E-state index contributed by atoms with van der Waals surface area (Å²) in [7, 11) is 1.57. The molecule has 2 amide bonds. The number of morpholine rings is 1. The molecule has 2 saturated carbocycles. The fraction of sp³-hybridized carbons (Fsp3) is 0.619. The van der Waals surface area contributed by atoms with Crippen molar-refractivity contribution in [1.82, 2.24) is 4.90 Å². The van der Waals surface area contributed by atoms with Crippen LogP contribution in [0, 0.1) is 17.8 Å². The van der Waals surface area contributed by atoms with Gasteiger partial charge in [-0.1, -0.05) is 6.42 Å². The van der Waals surface area contributed by atoms with Gasteiger partial charge in [0.25, 0.3) is 5.91 Å². The van der Waals surface area contributed by atoms with Crippen molar-refractivity contribution in [2.24, 2.45) is 17.8 Å². The predicted octanol–water partition coefficient (Wildman–Crippen LogP) is 2.93. The molecule has 1 aromatic carbocycles. The van der Waals surface area contributed by atoms with E-state index in [1.54, 1.807) is 30.2 Å². The van der Waals surface area contributed by atoms with E-state index in [0.717, 1.165) is 11.8 Å². The average molecular weight is 372 g/mol. The van der Waals surface area contributed by atoms with Crippen LogP contribution in [0.1, 0.15) is 42.5 Å². The lowest BCUT2D eigenvalue weighted by Crippen LogP contribution is -2.40. The van der Waals surface area contributed by atoms with Crippen LogP contribution in [0.15, 0.2) is 18.2 Å². The standard InChI is InChI=1S/C21H28N2O4/c1-26-19-5-4-16(21(25)23-6-8-27-9-7-23)12-18(19)22-20(24)13-17-11-14-2-3-15(17)10-14/h4-5,12,14-15,17H,2-3,6-11,13H2,1H3,(H,22,24). The zero-order valence-electron chi connectivity index (χ0n) is 15.9. The van der Waals surface area contributed by atoms with E-state index in [1.165, 1.54) is 25.7 Å². The Bertz CT molecular complexity index is 714. The maximum Gasteiger partial charge on any atom is 0.254 e. The number of hydrogen-bond acceptors (Lipinski definition) is 4. The number of nitrogens with one attached hydrogen (secondary N) is 1. The highest BCUT2D eigenvalue weighted by Crippen LogP contribution is 2.49. The minimum atomic E-state index is -0.0374. The van der Waals surface area contributed by atoms with E-state index in [1.807, 2.05) is 0 Å². The molecule has 1 aromatic rings. The molecule has 1 heterocycles. The Morgan fingerprint density at radius 1 is 1.22 bits per heavy atom. The zero-order chi connectivity index (χ0) is 18.8. The second kappa shape index (κ2) is 7.89. The SMILES string of the molecule is COc1ccc(C(=O)N2CCOCC2)cc1NC(=O)CC1CC2CCC1C2. The van der Waals surface area contributed by atoms with Gasteiger partial charge in [0.2, 0.25) is 5.91 Å². The maximum atomic E-state index is 12.7. The number of rotatable bonds is 5. The number of fused-ring (bicyclic) bond motifs is 2. The molecule has 4 rings (SSSR count). The van der Waals surface area contributed by atoms with Gasteiger partial charge in [-0.25, -0.2) is 0 Å². The van der Waals surface area contributed by atoms with E-state index in [9.17, 15) is 9.59 Å². The van der Waals surface area contributed by atoms with Crippen molar-refractivity contribution in [3.8, 4) is 5.75 Å². The van der Waals surface area contributed by atoms with E-state index in [0.29, 0.717) is 55.6 Å². The van der Waals surface area contributed by atoms with Gasteiger partial charge in [0.15, 0.2) is 0 Å². The second-order valence-corrected chi connectivity index (χ2v) is 8.01. The summed E-state index contributed by atoms with van der Waals surface area (Å²) in [5, 5.41) is 2.99. The molecular weight excluding hydrogens is 344 g/mol.